The molecule has 0 saturated carbocycles. The Kier molecular flexibility index (Phi) is 3.15. The molecule has 3 heterocycles. The number of nitrogens with zero attached hydrogens (tertiary/aromatic N) is 2. The third-order valence-electron chi connectivity index (χ3n) is 3.03. The van der Waals surface area contributed by atoms with Gasteiger partial charge >= 0.3 is 0 Å². The highest BCUT2D eigenvalue weighted by Gasteiger charge is 2.28. The number of carbonyl (C=O) groups excluding carboxylic acids is 3. The van der Waals surface area contributed by atoms with Gasteiger partial charge in [-0.1, -0.05) is 0 Å². The summed E-state index contributed by atoms with van der Waals surface area (Å²) >= 11 is 1.34. The molecule has 0 bridgehead atoms. The van der Waals surface area contributed by atoms with E-state index >= 15 is 0 Å². The second-order valence-electron chi connectivity index (χ2n) is 4.34. The highest BCUT2D eigenvalue weighted by molar-refractivity contribution is 7.16. The number of aromatic nitrogens is 2. The summed E-state index contributed by atoms with van der Waals surface area (Å²) in [4.78, 5) is 43.8. The number of rotatable bonds is 2. The van der Waals surface area contributed by atoms with Crippen LogP contribution in [0.25, 0.3) is 10.3 Å². The quantitative estimate of drug-likeness (QED) is 0.771. The molecule has 3 amide bonds. The fourth-order valence-corrected chi connectivity index (χ4v) is 2.68. The molecular formula is C12H10N4O3S. The number of fused-ring (bicyclic) bond motifs is 1. The molecule has 3 rings (SSSR count). The molecule has 0 aliphatic carbocycles. The minimum absolute atomic E-state index is 0.221. The number of thiazole rings is 1. The van der Waals surface area contributed by atoms with Crippen molar-refractivity contribution in [3.05, 3.63) is 23.3 Å². The number of hydrogen-bond acceptors (Lipinski definition) is 6. The van der Waals surface area contributed by atoms with Crippen LogP contribution in [0.1, 0.15) is 23.2 Å². The lowest BCUT2D eigenvalue weighted by molar-refractivity contribution is -0.134. The van der Waals surface area contributed by atoms with Crippen LogP contribution in [-0.4, -0.2) is 33.7 Å². The highest BCUT2D eigenvalue weighted by Crippen LogP contribution is 2.19. The van der Waals surface area contributed by atoms with Crippen molar-refractivity contribution in [3.63, 3.8) is 0 Å². The van der Waals surface area contributed by atoms with Gasteiger partial charge in [0.05, 0.1) is 11.1 Å². The molecule has 102 valence electrons. The van der Waals surface area contributed by atoms with E-state index in [1.54, 1.807) is 11.6 Å². The first kappa shape index (κ1) is 12.7. The van der Waals surface area contributed by atoms with Crippen molar-refractivity contribution in [3.8, 4) is 0 Å². The number of imide groups is 1. The van der Waals surface area contributed by atoms with Crippen molar-refractivity contribution in [2.75, 3.05) is 0 Å². The van der Waals surface area contributed by atoms with Gasteiger partial charge in [0, 0.05) is 12.6 Å². The molecule has 20 heavy (non-hydrogen) atoms. The van der Waals surface area contributed by atoms with Crippen LogP contribution in [0, 0.1) is 0 Å². The summed E-state index contributed by atoms with van der Waals surface area (Å²) in [7, 11) is 0. The summed E-state index contributed by atoms with van der Waals surface area (Å²) in [6.45, 7) is 0. The van der Waals surface area contributed by atoms with Gasteiger partial charge in [-0.05, 0) is 12.5 Å². The SMILES string of the molecule is O=C1CCC(NC(=O)c2ccnc3scnc23)C(=O)N1. The van der Waals surface area contributed by atoms with E-state index in [1.807, 2.05) is 0 Å². The van der Waals surface area contributed by atoms with E-state index < -0.39 is 17.9 Å². The first-order valence-corrected chi connectivity index (χ1v) is 6.86. The summed E-state index contributed by atoms with van der Waals surface area (Å²) in [5, 5.41) is 4.82. The Hall–Kier alpha value is -2.35. The third kappa shape index (κ3) is 2.25. The fraction of sp³-hybridized carbons (Fsp3) is 0.250. The molecule has 0 radical (unpaired) electrons. The highest BCUT2D eigenvalue weighted by atomic mass is 32.1. The zero-order valence-electron chi connectivity index (χ0n) is 10.3. The number of pyridine rings is 1. The molecule has 0 spiro atoms. The van der Waals surface area contributed by atoms with Crippen molar-refractivity contribution in [1.29, 1.82) is 0 Å². The van der Waals surface area contributed by atoms with Crippen LogP contribution in [0.2, 0.25) is 0 Å². The van der Waals surface area contributed by atoms with Crippen LogP contribution >= 0.6 is 11.3 Å². The van der Waals surface area contributed by atoms with Gasteiger partial charge in [-0.25, -0.2) is 9.97 Å². The average Bonchev–Trinajstić information content (AvgIpc) is 2.90. The first-order chi connectivity index (χ1) is 9.65. The predicted molar refractivity (Wildman–Crippen MR) is 71.1 cm³/mol. The zero-order valence-corrected chi connectivity index (χ0v) is 11.1. The number of piperidine rings is 1. The van der Waals surface area contributed by atoms with Crippen LogP contribution in [0.15, 0.2) is 17.8 Å². The summed E-state index contributed by atoms with van der Waals surface area (Å²) in [5.41, 5.74) is 2.50. The Morgan fingerprint density at radius 2 is 2.25 bits per heavy atom. The Morgan fingerprint density at radius 1 is 1.40 bits per heavy atom. The smallest absolute Gasteiger partial charge is 0.254 e. The molecule has 1 unspecified atom stereocenters. The molecule has 1 fully saturated rings. The summed E-state index contributed by atoms with van der Waals surface area (Å²) in [5.74, 6) is -1.18. The van der Waals surface area contributed by atoms with E-state index in [0.29, 0.717) is 22.3 Å². The molecule has 1 saturated heterocycles. The second-order valence-corrected chi connectivity index (χ2v) is 5.18. The summed E-state index contributed by atoms with van der Waals surface area (Å²) in [6, 6.07) is 0.866. The van der Waals surface area contributed by atoms with E-state index in [2.05, 4.69) is 20.6 Å². The van der Waals surface area contributed by atoms with Crippen molar-refractivity contribution in [1.82, 2.24) is 20.6 Å². The molecular weight excluding hydrogens is 280 g/mol. The Bertz CT molecular complexity index is 712. The van der Waals surface area contributed by atoms with E-state index in [9.17, 15) is 14.4 Å². The number of hydrogen-bond donors (Lipinski definition) is 2. The van der Waals surface area contributed by atoms with Crippen molar-refractivity contribution in [2.45, 2.75) is 18.9 Å². The van der Waals surface area contributed by atoms with Gasteiger partial charge in [-0.15, -0.1) is 11.3 Å². The van der Waals surface area contributed by atoms with Crippen LogP contribution in [0.4, 0.5) is 0 Å². The molecule has 7 nitrogen and oxygen atoms in total. The summed E-state index contributed by atoms with van der Waals surface area (Å²) in [6.07, 6.45) is 2.06. The molecule has 2 aromatic rings. The minimum atomic E-state index is -0.693. The minimum Gasteiger partial charge on any atom is -0.340 e. The molecule has 1 atom stereocenters. The van der Waals surface area contributed by atoms with Crippen molar-refractivity contribution >= 4 is 39.4 Å². The maximum atomic E-state index is 12.2. The molecule has 2 aromatic heterocycles. The van der Waals surface area contributed by atoms with Crippen LogP contribution in [0.3, 0.4) is 0 Å². The van der Waals surface area contributed by atoms with Gasteiger partial charge in [-0.2, -0.15) is 0 Å². The van der Waals surface area contributed by atoms with Gasteiger partial charge in [-0.3, -0.25) is 19.7 Å². The first-order valence-electron chi connectivity index (χ1n) is 5.98. The fourth-order valence-electron chi connectivity index (χ4n) is 2.03. The van der Waals surface area contributed by atoms with Crippen molar-refractivity contribution < 1.29 is 14.4 Å². The van der Waals surface area contributed by atoms with Gasteiger partial charge in [0.1, 0.15) is 16.4 Å². The third-order valence-corrected chi connectivity index (χ3v) is 3.76. The largest absolute Gasteiger partial charge is 0.340 e. The lowest BCUT2D eigenvalue weighted by atomic mass is 10.1. The van der Waals surface area contributed by atoms with Gasteiger partial charge in [0.15, 0.2) is 0 Å². The van der Waals surface area contributed by atoms with Crippen molar-refractivity contribution in [2.24, 2.45) is 0 Å². The molecule has 0 aromatic carbocycles. The zero-order chi connectivity index (χ0) is 14.1. The van der Waals surface area contributed by atoms with Crippen LogP contribution < -0.4 is 10.6 Å². The molecule has 1 aliphatic rings. The lowest BCUT2D eigenvalue weighted by Gasteiger charge is -2.21. The maximum Gasteiger partial charge on any atom is 0.254 e. The number of nitrogens with one attached hydrogen (secondary N) is 2. The van der Waals surface area contributed by atoms with E-state index in [0.717, 1.165) is 0 Å². The van der Waals surface area contributed by atoms with Crippen LogP contribution in [-0.2, 0) is 9.59 Å². The molecule has 1 aliphatic heterocycles. The van der Waals surface area contributed by atoms with E-state index in [1.165, 1.54) is 17.5 Å². The standard InChI is InChI=1S/C12H10N4O3S/c17-8-2-1-7(11(19)16-8)15-10(18)6-3-4-13-12-9(6)14-5-20-12/h3-5,7H,1-2H2,(H,15,18)(H,16,17,19). The molecule has 8 heteroatoms. The van der Waals surface area contributed by atoms with Gasteiger partial charge in [0.2, 0.25) is 11.8 Å². The van der Waals surface area contributed by atoms with E-state index in [-0.39, 0.29) is 12.3 Å². The Labute approximate surface area is 117 Å². The van der Waals surface area contributed by atoms with Crippen LogP contribution in [0.5, 0.6) is 0 Å². The number of amides is 3. The van der Waals surface area contributed by atoms with Gasteiger partial charge in [0.25, 0.3) is 5.91 Å². The normalized spacial score (nSPS) is 18.9. The predicted octanol–water partition coefficient (Wildman–Crippen LogP) is 0.226. The lowest BCUT2D eigenvalue weighted by Crippen LogP contribution is -2.52. The monoisotopic (exact) mass is 290 g/mol. The molecule has 2 N–H and O–H groups in total. The Morgan fingerprint density at radius 3 is 3.05 bits per heavy atom. The van der Waals surface area contributed by atoms with E-state index in [4.69, 9.17) is 0 Å². The summed E-state index contributed by atoms with van der Waals surface area (Å²) < 4.78 is 0. The van der Waals surface area contributed by atoms with Gasteiger partial charge < -0.3 is 5.32 Å². The average molecular weight is 290 g/mol. The Balaban J connectivity index is 1.81. The second kappa shape index (κ2) is 4.97. The number of carbonyl (C=O) groups is 3. The maximum absolute atomic E-state index is 12.2. The topological polar surface area (TPSA) is 101 Å².